The predicted octanol–water partition coefficient (Wildman–Crippen LogP) is 1.83. The standard InChI is InChI=1S/C16H16BClN4O2/c17-12-7-10(14-9-19-5-6-24-14)1-3-13(12)22-16(23)21-11-2-4-15(18)20-8-11/h1-4,7-8,14,19H,5-6,9H2,(H2,21,22,23). The van der Waals surface area contributed by atoms with E-state index in [1.807, 2.05) is 12.1 Å². The van der Waals surface area contributed by atoms with Gasteiger partial charge in [-0.1, -0.05) is 29.2 Å². The summed E-state index contributed by atoms with van der Waals surface area (Å²) in [6, 6.07) is 8.33. The molecule has 0 spiro atoms. The van der Waals surface area contributed by atoms with Crippen LogP contribution >= 0.6 is 11.6 Å². The Morgan fingerprint density at radius 1 is 1.33 bits per heavy atom. The Bertz CT molecular complexity index is 721. The maximum atomic E-state index is 12.0. The summed E-state index contributed by atoms with van der Waals surface area (Å²) in [5.74, 6) is 0. The molecule has 24 heavy (non-hydrogen) atoms. The summed E-state index contributed by atoms with van der Waals surface area (Å²) in [5.41, 5.74) is 2.52. The lowest BCUT2D eigenvalue weighted by molar-refractivity contribution is 0.0277. The van der Waals surface area contributed by atoms with Crippen LogP contribution in [0, 0.1) is 0 Å². The predicted molar refractivity (Wildman–Crippen MR) is 95.3 cm³/mol. The van der Waals surface area contributed by atoms with E-state index in [9.17, 15) is 4.79 Å². The molecule has 0 aliphatic carbocycles. The van der Waals surface area contributed by atoms with Gasteiger partial charge in [0.25, 0.3) is 0 Å². The molecule has 2 amide bonds. The lowest BCUT2D eigenvalue weighted by Gasteiger charge is -2.24. The number of nitrogens with zero attached hydrogens (tertiary/aromatic N) is 1. The maximum absolute atomic E-state index is 12.0. The summed E-state index contributed by atoms with van der Waals surface area (Å²) in [7, 11) is 6.04. The first-order valence-electron chi connectivity index (χ1n) is 7.53. The molecule has 8 heteroatoms. The third-order valence-electron chi connectivity index (χ3n) is 3.61. The van der Waals surface area contributed by atoms with E-state index in [0.717, 1.165) is 18.7 Å². The smallest absolute Gasteiger partial charge is 0.323 e. The highest BCUT2D eigenvalue weighted by molar-refractivity contribution is 6.36. The number of hydrogen-bond donors (Lipinski definition) is 3. The number of nitrogens with one attached hydrogen (secondary N) is 3. The average Bonchev–Trinajstić information content (AvgIpc) is 2.59. The van der Waals surface area contributed by atoms with Crippen LogP contribution in [0.3, 0.4) is 0 Å². The van der Waals surface area contributed by atoms with E-state index in [-0.39, 0.29) is 6.10 Å². The molecule has 0 bridgehead atoms. The third-order valence-corrected chi connectivity index (χ3v) is 3.83. The van der Waals surface area contributed by atoms with Gasteiger partial charge in [-0.25, -0.2) is 9.78 Å². The fourth-order valence-corrected chi connectivity index (χ4v) is 2.52. The molecule has 1 saturated heterocycles. The van der Waals surface area contributed by atoms with Crippen molar-refractivity contribution < 1.29 is 9.53 Å². The van der Waals surface area contributed by atoms with Crippen molar-refractivity contribution in [2.75, 3.05) is 30.3 Å². The second-order valence-electron chi connectivity index (χ2n) is 5.36. The van der Waals surface area contributed by atoms with Crippen LogP contribution in [0.4, 0.5) is 16.2 Å². The number of benzene rings is 1. The van der Waals surface area contributed by atoms with Crippen molar-refractivity contribution in [1.29, 1.82) is 0 Å². The minimum absolute atomic E-state index is 0.0240. The lowest BCUT2D eigenvalue weighted by atomic mass is 9.90. The monoisotopic (exact) mass is 342 g/mol. The molecular weight excluding hydrogens is 326 g/mol. The highest BCUT2D eigenvalue weighted by Gasteiger charge is 2.16. The van der Waals surface area contributed by atoms with Crippen LogP contribution in [0.15, 0.2) is 36.5 Å². The van der Waals surface area contributed by atoms with Gasteiger partial charge in [0.2, 0.25) is 0 Å². The van der Waals surface area contributed by atoms with Crippen LogP contribution in [-0.2, 0) is 4.74 Å². The third kappa shape index (κ3) is 4.26. The van der Waals surface area contributed by atoms with E-state index < -0.39 is 6.03 Å². The van der Waals surface area contributed by atoms with Gasteiger partial charge < -0.3 is 20.7 Å². The van der Waals surface area contributed by atoms with Crippen LogP contribution in [0.2, 0.25) is 5.15 Å². The zero-order valence-corrected chi connectivity index (χ0v) is 13.6. The summed E-state index contributed by atoms with van der Waals surface area (Å²) in [6.07, 6.45) is 1.45. The number of morpholine rings is 1. The first kappa shape index (κ1) is 16.8. The second kappa shape index (κ2) is 7.66. The lowest BCUT2D eigenvalue weighted by Crippen LogP contribution is -2.33. The zero-order valence-electron chi connectivity index (χ0n) is 12.9. The molecule has 3 rings (SSSR count). The first-order chi connectivity index (χ1) is 11.6. The molecule has 1 aromatic carbocycles. The average molecular weight is 343 g/mol. The Hall–Kier alpha value is -2.09. The Labute approximate surface area is 146 Å². The molecular formula is C16H16BClN4O2. The van der Waals surface area contributed by atoms with Crippen molar-refractivity contribution in [3.05, 3.63) is 47.2 Å². The zero-order chi connectivity index (χ0) is 16.9. The Balaban J connectivity index is 1.64. The van der Waals surface area contributed by atoms with E-state index in [2.05, 4.69) is 20.9 Å². The van der Waals surface area contributed by atoms with E-state index in [1.165, 1.54) is 6.20 Å². The van der Waals surface area contributed by atoms with E-state index in [4.69, 9.17) is 24.2 Å². The van der Waals surface area contributed by atoms with Gasteiger partial charge in [-0.3, -0.25) is 0 Å². The Morgan fingerprint density at radius 3 is 2.88 bits per heavy atom. The minimum atomic E-state index is -0.408. The molecule has 1 aromatic heterocycles. The van der Waals surface area contributed by atoms with E-state index in [1.54, 1.807) is 18.2 Å². The number of carbonyl (C=O) groups excluding carboxylic acids is 1. The summed E-state index contributed by atoms with van der Waals surface area (Å²) >= 11 is 5.71. The number of halogens is 1. The number of urea groups is 1. The van der Waals surface area contributed by atoms with Gasteiger partial charge in [-0.15, -0.1) is 0 Å². The molecule has 0 saturated carbocycles. The quantitative estimate of drug-likeness (QED) is 0.588. The van der Waals surface area contributed by atoms with Crippen LogP contribution < -0.4 is 21.4 Å². The summed E-state index contributed by atoms with van der Waals surface area (Å²) in [6.45, 7) is 2.27. The molecule has 1 atom stereocenters. The highest BCUT2D eigenvalue weighted by Crippen LogP contribution is 2.19. The van der Waals surface area contributed by atoms with Gasteiger partial charge in [-0.2, -0.15) is 0 Å². The van der Waals surface area contributed by atoms with Crippen molar-refractivity contribution in [3.8, 4) is 0 Å². The highest BCUT2D eigenvalue weighted by atomic mass is 35.5. The molecule has 1 fully saturated rings. The van der Waals surface area contributed by atoms with Gasteiger partial charge in [0.15, 0.2) is 0 Å². The fraction of sp³-hybridized carbons (Fsp3) is 0.250. The van der Waals surface area contributed by atoms with Crippen LogP contribution in [0.5, 0.6) is 0 Å². The Morgan fingerprint density at radius 2 is 2.21 bits per heavy atom. The number of hydrogen-bond acceptors (Lipinski definition) is 4. The molecule has 3 N–H and O–H groups in total. The van der Waals surface area contributed by atoms with Crippen molar-refractivity contribution in [2.24, 2.45) is 0 Å². The van der Waals surface area contributed by atoms with Crippen molar-refractivity contribution in [2.45, 2.75) is 6.10 Å². The van der Waals surface area contributed by atoms with Gasteiger partial charge >= 0.3 is 6.03 Å². The number of rotatable bonds is 3. The molecule has 2 aromatic rings. The number of ether oxygens (including phenoxy) is 1. The fourth-order valence-electron chi connectivity index (χ4n) is 2.41. The van der Waals surface area contributed by atoms with Gasteiger partial charge in [0.1, 0.15) is 13.0 Å². The van der Waals surface area contributed by atoms with Crippen molar-refractivity contribution in [1.82, 2.24) is 10.3 Å². The topological polar surface area (TPSA) is 75.3 Å². The van der Waals surface area contributed by atoms with Crippen molar-refractivity contribution >= 4 is 42.3 Å². The van der Waals surface area contributed by atoms with Crippen LogP contribution in [0.25, 0.3) is 0 Å². The number of pyridine rings is 1. The number of carbonyl (C=O) groups is 1. The molecule has 1 aliphatic rings. The molecule has 6 nitrogen and oxygen atoms in total. The largest absolute Gasteiger partial charge is 0.371 e. The van der Waals surface area contributed by atoms with E-state index in [0.29, 0.717) is 28.6 Å². The maximum Gasteiger partial charge on any atom is 0.323 e. The van der Waals surface area contributed by atoms with E-state index >= 15 is 0 Å². The van der Waals surface area contributed by atoms with Crippen molar-refractivity contribution in [3.63, 3.8) is 0 Å². The van der Waals surface area contributed by atoms with Gasteiger partial charge in [0, 0.05) is 18.8 Å². The summed E-state index contributed by atoms with van der Waals surface area (Å²) in [5, 5.41) is 9.00. The number of amides is 2. The summed E-state index contributed by atoms with van der Waals surface area (Å²) in [4.78, 5) is 15.9. The molecule has 122 valence electrons. The normalized spacial score (nSPS) is 17.3. The van der Waals surface area contributed by atoms with Gasteiger partial charge in [0.05, 0.1) is 24.6 Å². The Kier molecular flexibility index (Phi) is 5.35. The second-order valence-corrected chi connectivity index (χ2v) is 5.75. The molecule has 2 radical (unpaired) electrons. The molecule has 2 heterocycles. The van der Waals surface area contributed by atoms with Gasteiger partial charge in [-0.05, 0) is 23.8 Å². The SMILES string of the molecule is [B]c1cc(C2CNCCO2)ccc1NC(=O)Nc1ccc(Cl)nc1. The first-order valence-corrected chi connectivity index (χ1v) is 7.91. The van der Waals surface area contributed by atoms with Crippen LogP contribution in [0.1, 0.15) is 11.7 Å². The molecule has 1 unspecified atom stereocenters. The van der Waals surface area contributed by atoms with Crippen LogP contribution in [-0.4, -0.2) is 38.6 Å². The number of aromatic nitrogens is 1. The minimum Gasteiger partial charge on any atom is -0.371 e. The molecule has 1 aliphatic heterocycles. The number of anilines is 2. The summed E-state index contributed by atoms with van der Waals surface area (Å²) < 4.78 is 5.69.